The highest BCUT2D eigenvalue weighted by Gasteiger charge is 2.17. The Bertz CT molecular complexity index is 396. The zero-order valence-corrected chi connectivity index (χ0v) is 9.62. The van der Waals surface area contributed by atoms with Crippen molar-refractivity contribution in [1.29, 1.82) is 0 Å². The smallest absolute Gasteiger partial charge is 0.256 e. The predicted molar refractivity (Wildman–Crippen MR) is 59.6 cm³/mol. The van der Waals surface area contributed by atoms with Crippen LogP contribution in [0.1, 0.15) is 23.7 Å². The molecular formula is C12H15F2NO2. The zero-order valence-electron chi connectivity index (χ0n) is 9.62. The van der Waals surface area contributed by atoms with E-state index in [1.54, 1.807) is 6.92 Å². The maximum absolute atomic E-state index is 13.4. The van der Waals surface area contributed by atoms with Gasteiger partial charge in [0.05, 0.1) is 5.56 Å². The summed E-state index contributed by atoms with van der Waals surface area (Å²) in [6.45, 7) is 2.49. The van der Waals surface area contributed by atoms with Crippen molar-refractivity contribution < 1.29 is 18.7 Å². The molecule has 0 saturated heterocycles. The molecule has 1 N–H and O–H groups in total. The van der Waals surface area contributed by atoms with E-state index in [0.717, 1.165) is 12.1 Å². The molecule has 1 aromatic carbocycles. The van der Waals surface area contributed by atoms with E-state index in [9.17, 15) is 13.6 Å². The van der Waals surface area contributed by atoms with Crippen molar-refractivity contribution in [1.82, 2.24) is 4.90 Å². The predicted octanol–water partition coefficient (Wildman–Crippen LogP) is 1.81. The van der Waals surface area contributed by atoms with Crippen LogP contribution in [0.3, 0.4) is 0 Å². The number of amides is 1. The van der Waals surface area contributed by atoms with Crippen molar-refractivity contribution >= 4 is 5.91 Å². The number of benzene rings is 1. The molecule has 17 heavy (non-hydrogen) atoms. The molecule has 1 amide bonds. The summed E-state index contributed by atoms with van der Waals surface area (Å²) in [4.78, 5) is 13.3. The van der Waals surface area contributed by atoms with Crippen molar-refractivity contribution in [3.8, 4) is 0 Å². The molecule has 0 aliphatic rings. The van der Waals surface area contributed by atoms with Crippen LogP contribution in [0, 0.1) is 11.6 Å². The molecule has 0 radical (unpaired) electrons. The Hall–Kier alpha value is -1.49. The van der Waals surface area contributed by atoms with Gasteiger partial charge in [-0.3, -0.25) is 4.79 Å². The lowest BCUT2D eigenvalue weighted by Gasteiger charge is -2.20. The number of aliphatic hydroxyl groups is 1. The van der Waals surface area contributed by atoms with E-state index < -0.39 is 17.5 Å². The Kier molecular flexibility index (Phi) is 5.03. The first-order valence-electron chi connectivity index (χ1n) is 5.45. The van der Waals surface area contributed by atoms with Crippen molar-refractivity contribution in [2.24, 2.45) is 0 Å². The van der Waals surface area contributed by atoms with Gasteiger partial charge in [0.25, 0.3) is 5.91 Å². The lowest BCUT2D eigenvalue weighted by Crippen LogP contribution is -2.32. The summed E-state index contributed by atoms with van der Waals surface area (Å²) in [5, 5.41) is 8.69. The molecule has 0 fully saturated rings. The van der Waals surface area contributed by atoms with E-state index in [1.165, 1.54) is 4.90 Å². The van der Waals surface area contributed by atoms with Crippen LogP contribution >= 0.6 is 0 Å². The second-order valence-electron chi connectivity index (χ2n) is 3.59. The van der Waals surface area contributed by atoms with E-state index in [2.05, 4.69) is 0 Å². The van der Waals surface area contributed by atoms with E-state index in [0.29, 0.717) is 25.6 Å². The van der Waals surface area contributed by atoms with Gasteiger partial charge >= 0.3 is 0 Å². The fourth-order valence-electron chi connectivity index (χ4n) is 1.50. The fourth-order valence-corrected chi connectivity index (χ4v) is 1.50. The van der Waals surface area contributed by atoms with Gasteiger partial charge < -0.3 is 10.0 Å². The van der Waals surface area contributed by atoms with E-state index in [1.807, 2.05) is 0 Å². The molecule has 1 rings (SSSR count). The number of carbonyl (C=O) groups excluding carboxylic acids is 1. The molecule has 0 unspecified atom stereocenters. The highest BCUT2D eigenvalue weighted by Crippen LogP contribution is 2.12. The number of rotatable bonds is 5. The Morgan fingerprint density at radius 2 is 2.12 bits per heavy atom. The maximum atomic E-state index is 13.4. The summed E-state index contributed by atoms with van der Waals surface area (Å²) < 4.78 is 26.1. The van der Waals surface area contributed by atoms with Gasteiger partial charge in [-0.05, 0) is 25.5 Å². The van der Waals surface area contributed by atoms with Gasteiger partial charge in [0.15, 0.2) is 0 Å². The standard InChI is InChI=1S/C12H15F2NO2/c1-2-15(6-3-7-16)12(17)10-5-4-9(13)8-11(10)14/h4-5,8,16H,2-3,6-7H2,1H3. The molecule has 94 valence electrons. The van der Waals surface area contributed by atoms with Crippen LogP contribution in [-0.4, -0.2) is 35.6 Å². The fraction of sp³-hybridized carbons (Fsp3) is 0.417. The van der Waals surface area contributed by atoms with Crippen LogP contribution in [-0.2, 0) is 0 Å². The average molecular weight is 243 g/mol. The number of halogens is 2. The normalized spacial score (nSPS) is 10.4. The zero-order chi connectivity index (χ0) is 12.8. The number of nitrogens with zero attached hydrogens (tertiary/aromatic N) is 1. The van der Waals surface area contributed by atoms with Gasteiger partial charge in [-0.1, -0.05) is 0 Å². The summed E-state index contributed by atoms with van der Waals surface area (Å²) in [6, 6.07) is 2.87. The third-order valence-electron chi connectivity index (χ3n) is 2.42. The maximum Gasteiger partial charge on any atom is 0.256 e. The summed E-state index contributed by atoms with van der Waals surface area (Å²) in [6.07, 6.45) is 0.433. The summed E-state index contributed by atoms with van der Waals surface area (Å²) in [7, 11) is 0. The van der Waals surface area contributed by atoms with Gasteiger partial charge in [0.2, 0.25) is 0 Å². The Labute approximate surface area is 98.7 Å². The molecule has 0 spiro atoms. The molecule has 5 heteroatoms. The SMILES string of the molecule is CCN(CCCO)C(=O)c1ccc(F)cc1F. The molecule has 1 aromatic rings. The summed E-state index contributed by atoms with van der Waals surface area (Å²) in [5.41, 5.74) is -0.147. The van der Waals surface area contributed by atoms with Gasteiger partial charge in [0, 0.05) is 25.8 Å². The summed E-state index contributed by atoms with van der Waals surface area (Å²) >= 11 is 0. The van der Waals surface area contributed by atoms with E-state index in [4.69, 9.17) is 5.11 Å². The quantitative estimate of drug-likeness (QED) is 0.856. The average Bonchev–Trinajstić information content (AvgIpc) is 2.29. The van der Waals surface area contributed by atoms with Gasteiger partial charge in [-0.25, -0.2) is 8.78 Å². The molecule has 0 bridgehead atoms. The van der Waals surface area contributed by atoms with Gasteiger partial charge in [-0.15, -0.1) is 0 Å². The number of hydrogen-bond donors (Lipinski definition) is 1. The van der Waals surface area contributed by atoms with Crippen LogP contribution in [0.15, 0.2) is 18.2 Å². The second kappa shape index (κ2) is 6.30. The molecule has 0 saturated carbocycles. The molecule has 0 heterocycles. The first-order valence-corrected chi connectivity index (χ1v) is 5.45. The van der Waals surface area contributed by atoms with Crippen molar-refractivity contribution in [2.45, 2.75) is 13.3 Å². The lowest BCUT2D eigenvalue weighted by molar-refractivity contribution is 0.0749. The topological polar surface area (TPSA) is 40.5 Å². The number of hydrogen-bond acceptors (Lipinski definition) is 2. The van der Waals surface area contributed by atoms with Crippen molar-refractivity contribution in [3.63, 3.8) is 0 Å². The largest absolute Gasteiger partial charge is 0.396 e. The van der Waals surface area contributed by atoms with Gasteiger partial charge in [-0.2, -0.15) is 0 Å². The molecular weight excluding hydrogens is 228 g/mol. The highest BCUT2D eigenvalue weighted by molar-refractivity contribution is 5.94. The summed E-state index contributed by atoms with van der Waals surface area (Å²) in [5.74, 6) is -2.06. The first kappa shape index (κ1) is 13.6. The number of aliphatic hydroxyl groups excluding tert-OH is 1. The minimum atomic E-state index is -0.863. The van der Waals surface area contributed by atoms with Crippen LogP contribution < -0.4 is 0 Å². The van der Waals surface area contributed by atoms with Gasteiger partial charge in [0.1, 0.15) is 11.6 Å². The third kappa shape index (κ3) is 3.49. The number of carbonyl (C=O) groups is 1. The molecule has 0 atom stereocenters. The Balaban J connectivity index is 2.86. The Morgan fingerprint density at radius 1 is 1.41 bits per heavy atom. The highest BCUT2D eigenvalue weighted by atomic mass is 19.1. The first-order chi connectivity index (χ1) is 8.10. The molecule has 3 nitrogen and oxygen atoms in total. The van der Waals surface area contributed by atoms with Crippen LogP contribution in [0.2, 0.25) is 0 Å². The van der Waals surface area contributed by atoms with Crippen LogP contribution in [0.5, 0.6) is 0 Å². The molecule has 0 aromatic heterocycles. The van der Waals surface area contributed by atoms with Crippen LogP contribution in [0.25, 0.3) is 0 Å². The van der Waals surface area contributed by atoms with Crippen LogP contribution in [0.4, 0.5) is 8.78 Å². The minimum absolute atomic E-state index is 0.0321. The van der Waals surface area contributed by atoms with Crippen molar-refractivity contribution in [3.05, 3.63) is 35.4 Å². The second-order valence-corrected chi connectivity index (χ2v) is 3.59. The monoisotopic (exact) mass is 243 g/mol. The molecule has 0 aliphatic carbocycles. The Morgan fingerprint density at radius 3 is 2.65 bits per heavy atom. The lowest BCUT2D eigenvalue weighted by atomic mass is 10.1. The van der Waals surface area contributed by atoms with E-state index >= 15 is 0 Å². The third-order valence-corrected chi connectivity index (χ3v) is 2.42. The minimum Gasteiger partial charge on any atom is -0.396 e. The van der Waals surface area contributed by atoms with E-state index in [-0.39, 0.29) is 12.2 Å². The van der Waals surface area contributed by atoms with Crippen molar-refractivity contribution in [2.75, 3.05) is 19.7 Å². The molecule has 0 aliphatic heterocycles.